The zero-order valence-electron chi connectivity index (χ0n) is 18.6. The quantitative estimate of drug-likeness (QED) is 0.210. The van der Waals surface area contributed by atoms with Crippen LogP contribution in [0.3, 0.4) is 0 Å². The summed E-state index contributed by atoms with van der Waals surface area (Å²) in [6, 6.07) is 5.52. The maximum Gasteiger partial charge on any atom is 2.00 e. The first kappa shape index (κ1) is 29.3. The van der Waals surface area contributed by atoms with Crippen LogP contribution in [0.4, 0.5) is 43.9 Å². The summed E-state index contributed by atoms with van der Waals surface area (Å²) < 4.78 is 137. The molecular formula is C21H10F10N6Pt. The van der Waals surface area contributed by atoms with E-state index in [9.17, 15) is 43.9 Å². The zero-order valence-corrected chi connectivity index (χ0v) is 20.9. The fraction of sp³-hybridized carbons (Fsp3) is 0.238. The number of alkyl halides is 6. The molecular weight excluding hydrogens is 721 g/mol. The maximum atomic E-state index is 14.2. The van der Waals surface area contributed by atoms with Gasteiger partial charge in [-0.3, -0.25) is 17.6 Å². The Morgan fingerprint density at radius 1 is 0.658 bits per heavy atom. The average molecular weight is 731 g/mol. The normalized spacial score (nSPS) is 12.5. The maximum absolute atomic E-state index is 14.2. The molecule has 0 radical (unpaired) electrons. The number of hydrogen-bond acceptors (Lipinski definition) is 4. The van der Waals surface area contributed by atoms with Crippen LogP contribution in [0.15, 0.2) is 24.3 Å². The molecule has 0 amide bonds. The number of benzene rings is 2. The Balaban J connectivity index is 0.00000400. The predicted octanol–water partition coefficient (Wildman–Crippen LogP) is 5.37. The molecule has 4 rings (SSSR count). The van der Waals surface area contributed by atoms with Crippen molar-refractivity contribution in [1.29, 1.82) is 0 Å². The first-order valence-corrected chi connectivity index (χ1v) is 9.84. The van der Waals surface area contributed by atoms with Gasteiger partial charge < -0.3 is 0 Å². The van der Waals surface area contributed by atoms with E-state index in [2.05, 4.69) is 20.2 Å². The van der Waals surface area contributed by atoms with E-state index in [1.165, 1.54) is 0 Å². The first-order valence-electron chi connectivity index (χ1n) is 9.84. The Hall–Kier alpha value is -3.29. The molecule has 0 saturated heterocycles. The number of nitrogens with zero attached hydrogens (tertiary/aromatic N) is 6. The van der Waals surface area contributed by atoms with Crippen LogP contribution in [0.5, 0.6) is 0 Å². The van der Waals surface area contributed by atoms with E-state index < -0.39 is 75.7 Å². The molecule has 0 spiro atoms. The van der Waals surface area contributed by atoms with Crippen LogP contribution in [0.25, 0.3) is 11.4 Å². The smallest absolute Gasteiger partial charge is 0.284 e. The molecule has 0 atom stereocenters. The second kappa shape index (κ2) is 9.78. The van der Waals surface area contributed by atoms with Gasteiger partial charge in [0.1, 0.15) is 0 Å². The molecule has 0 N–H and O–H groups in total. The first-order chi connectivity index (χ1) is 17.0. The number of halogens is 10. The van der Waals surface area contributed by atoms with Crippen LogP contribution in [0.1, 0.15) is 37.1 Å². The van der Waals surface area contributed by atoms with Crippen LogP contribution in [0, 0.1) is 35.4 Å². The Morgan fingerprint density at radius 2 is 1.00 bits per heavy atom. The Morgan fingerprint density at radius 3 is 1.29 bits per heavy atom. The summed E-state index contributed by atoms with van der Waals surface area (Å²) >= 11 is 0. The molecule has 0 saturated carbocycles. The summed E-state index contributed by atoms with van der Waals surface area (Å²) in [5.74, 6) is -10.5. The minimum Gasteiger partial charge on any atom is -0.284 e. The van der Waals surface area contributed by atoms with Crippen LogP contribution < -0.4 is 0 Å². The van der Waals surface area contributed by atoms with Gasteiger partial charge in [-0.2, -0.15) is 48.7 Å². The van der Waals surface area contributed by atoms with E-state index in [0.717, 1.165) is 13.8 Å². The average Bonchev–Trinajstić information content (AvgIpc) is 3.39. The molecule has 2 heterocycles. The third kappa shape index (κ3) is 5.31. The second-order valence-electron chi connectivity index (χ2n) is 7.99. The topological polar surface area (TPSA) is 61.4 Å². The van der Waals surface area contributed by atoms with E-state index in [4.69, 9.17) is 0 Å². The van der Waals surface area contributed by atoms with Crippen LogP contribution in [0.2, 0.25) is 0 Å². The summed E-state index contributed by atoms with van der Waals surface area (Å²) in [4.78, 5) is 6.63. The third-order valence-corrected chi connectivity index (χ3v) is 4.94. The molecule has 4 aromatic rings. The van der Waals surface area contributed by atoms with Crippen molar-refractivity contribution in [3.63, 3.8) is 0 Å². The van der Waals surface area contributed by atoms with Crippen molar-refractivity contribution < 1.29 is 65.0 Å². The van der Waals surface area contributed by atoms with Gasteiger partial charge in [0.05, 0.1) is 5.41 Å². The molecule has 0 aliphatic rings. The molecule has 0 bridgehead atoms. The van der Waals surface area contributed by atoms with Gasteiger partial charge in [-0.25, -0.2) is 19.3 Å². The largest absolute Gasteiger partial charge is 2.00 e. The van der Waals surface area contributed by atoms with Gasteiger partial charge in [0.15, 0.2) is 11.6 Å². The monoisotopic (exact) mass is 731 g/mol. The zero-order chi connectivity index (χ0) is 27.5. The van der Waals surface area contributed by atoms with Gasteiger partial charge >= 0.3 is 33.4 Å². The molecule has 38 heavy (non-hydrogen) atoms. The minimum atomic E-state index is -5.24. The van der Waals surface area contributed by atoms with Crippen molar-refractivity contribution in [3.05, 3.63) is 83.0 Å². The van der Waals surface area contributed by atoms with Crippen LogP contribution in [-0.2, 0) is 38.8 Å². The van der Waals surface area contributed by atoms with Gasteiger partial charge in [-0.05, 0) is 25.2 Å². The van der Waals surface area contributed by atoms with Gasteiger partial charge in [0.2, 0.25) is 11.6 Å². The summed E-state index contributed by atoms with van der Waals surface area (Å²) in [5.41, 5.74) is -3.97. The SMILES string of the molecule is CC(C)(c1nc(C(F)(F)F)n(-c2[c-]cc(F)cc2F)n1)c1nc(C(F)(F)F)n(-c2[c-]cc(F)cc2F)n1.[Pt+2]. The van der Waals surface area contributed by atoms with Crippen molar-refractivity contribution in [2.45, 2.75) is 31.6 Å². The van der Waals surface area contributed by atoms with E-state index in [0.29, 0.717) is 12.1 Å². The number of hydrogen-bond donors (Lipinski definition) is 0. The fourth-order valence-electron chi connectivity index (χ4n) is 3.13. The molecule has 6 nitrogen and oxygen atoms in total. The Labute approximate surface area is 220 Å². The summed E-state index contributed by atoms with van der Waals surface area (Å²) in [7, 11) is 0. The van der Waals surface area contributed by atoms with Crippen LogP contribution in [-0.4, -0.2) is 29.5 Å². The van der Waals surface area contributed by atoms with Gasteiger partial charge in [-0.1, -0.05) is 0 Å². The molecule has 0 fully saturated rings. The molecule has 2 aromatic heterocycles. The van der Waals surface area contributed by atoms with Crippen molar-refractivity contribution in [3.8, 4) is 11.4 Å². The van der Waals surface area contributed by atoms with Gasteiger partial charge in [0.25, 0.3) is 0 Å². The molecule has 17 heteroatoms. The van der Waals surface area contributed by atoms with Crippen molar-refractivity contribution in [1.82, 2.24) is 29.5 Å². The molecule has 0 unspecified atom stereocenters. The van der Waals surface area contributed by atoms with Gasteiger partial charge in [0, 0.05) is 23.3 Å². The minimum absolute atomic E-state index is 0. The van der Waals surface area contributed by atoms with E-state index in [-0.39, 0.29) is 42.6 Å². The summed E-state index contributed by atoms with van der Waals surface area (Å²) in [5, 5.41) is 7.16. The van der Waals surface area contributed by atoms with Crippen molar-refractivity contribution in [2.75, 3.05) is 0 Å². The third-order valence-electron chi connectivity index (χ3n) is 4.94. The second-order valence-corrected chi connectivity index (χ2v) is 7.99. The Kier molecular flexibility index (Phi) is 7.54. The van der Waals surface area contributed by atoms with Crippen LogP contribution >= 0.6 is 0 Å². The molecule has 0 aliphatic carbocycles. The molecule has 2 aromatic carbocycles. The fourth-order valence-corrected chi connectivity index (χ4v) is 3.13. The van der Waals surface area contributed by atoms with E-state index in [1.807, 2.05) is 12.1 Å². The van der Waals surface area contributed by atoms with E-state index >= 15 is 0 Å². The molecule has 204 valence electrons. The van der Waals surface area contributed by atoms with Crippen molar-refractivity contribution in [2.24, 2.45) is 0 Å². The number of rotatable bonds is 4. The summed E-state index contributed by atoms with van der Waals surface area (Å²) in [6.07, 6.45) is -10.5. The molecule has 0 aliphatic heterocycles. The standard InChI is InChI=1S/C21H10F10N6.Pt/c1-19(2,15-32-17(20(26,27)28)36(34-15)13-5-3-9(22)7-11(13)24)16-33-18(21(29,30)31)37(35-16)14-6-4-10(23)8-12(14)25;/h3-4,7-8H,1-2H3;/q-2;+2. The predicted molar refractivity (Wildman–Crippen MR) is 102 cm³/mol. The van der Waals surface area contributed by atoms with Crippen molar-refractivity contribution >= 4 is 0 Å². The van der Waals surface area contributed by atoms with E-state index in [1.54, 1.807) is 0 Å². The van der Waals surface area contributed by atoms with Gasteiger partial charge in [-0.15, -0.1) is 24.3 Å². The summed E-state index contributed by atoms with van der Waals surface area (Å²) in [6.45, 7) is 2.12. The number of aromatic nitrogens is 6. The Bertz CT molecular complexity index is 1380.